The van der Waals surface area contributed by atoms with E-state index in [4.69, 9.17) is 4.74 Å². The van der Waals surface area contributed by atoms with Gasteiger partial charge in [0, 0.05) is 30.1 Å². The van der Waals surface area contributed by atoms with Crippen LogP contribution < -0.4 is 0 Å². The van der Waals surface area contributed by atoms with Crippen LogP contribution in [-0.4, -0.2) is 34.7 Å². The van der Waals surface area contributed by atoms with E-state index in [1.54, 1.807) is 11.3 Å². The van der Waals surface area contributed by atoms with Gasteiger partial charge in [0.05, 0.1) is 5.01 Å². The van der Waals surface area contributed by atoms with Crippen molar-refractivity contribution in [1.82, 2.24) is 9.88 Å². The number of aryl methyl sites for hydroxylation is 1. The summed E-state index contributed by atoms with van der Waals surface area (Å²) in [5.41, 5.74) is -0.429. The average Bonchev–Trinajstić information content (AvgIpc) is 2.74. The molecule has 0 bridgehead atoms. The van der Waals surface area contributed by atoms with Crippen LogP contribution in [0.5, 0.6) is 0 Å². The third-order valence-corrected chi connectivity index (χ3v) is 4.14. The highest BCUT2D eigenvalue weighted by molar-refractivity contribution is 7.11. The van der Waals surface area contributed by atoms with Gasteiger partial charge in [-0.1, -0.05) is 0 Å². The van der Waals surface area contributed by atoms with E-state index in [0.29, 0.717) is 5.92 Å². The zero-order valence-corrected chi connectivity index (χ0v) is 12.9. The fraction of sp³-hybridized carbons (Fsp3) is 0.714. The van der Waals surface area contributed by atoms with Crippen molar-refractivity contribution in [3.63, 3.8) is 0 Å². The van der Waals surface area contributed by atoms with Crippen LogP contribution in [0, 0.1) is 6.92 Å². The van der Waals surface area contributed by atoms with Gasteiger partial charge in [-0.25, -0.2) is 9.78 Å². The lowest BCUT2D eigenvalue weighted by Crippen LogP contribution is -2.42. The van der Waals surface area contributed by atoms with Crippen molar-refractivity contribution in [3.8, 4) is 0 Å². The summed E-state index contributed by atoms with van der Waals surface area (Å²) in [6, 6.07) is 0. The van der Waals surface area contributed by atoms with Crippen molar-refractivity contribution >= 4 is 17.4 Å². The summed E-state index contributed by atoms with van der Waals surface area (Å²) in [5, 5.41) is 1.14. The number of rotatable bonds is 1. The number of carbonyl (C=O) groups is 1. The summed E-state index contributed by atoms with van der Waals surface area (Å²) in [4.78, 5) is 19.6. The minimum Gasteiger partial charge on any atom is -0.444 e. The number of hydrogen-bond donors (Lipinski definition) is 0. The summed E-state index contributed by atoms with van der Waals surface area (Å²) in [7, 11) is 0. The van der Waals surface area contributed by atoms with E-state index < -0.39 is 5.60 Å². The molecule has 1 aliphatic heterocycles. The maximum atomic E-state index is 12.1. The molecular formula is C14H22N2O2S. The number of nitrogens with zero attached hydrogens (tertiary/aromatic N) is 2. The first-order valence-electron chi connectivity index (χ1n) is 6.75. The number of likely N-dealkylation sites (tertiary alicyclic amines) is 1. The first-order chi connectivity index (χ1) is 8.85. The third-order valence-electron chi connectivity index (χ3n) is 3.06. The van der Waals surface area contributed by atoms with Gasteiger partial charge in [-0.05, 0) is 40.5 Å². The summed E-state index contributed by atoms with van der Waals surface area (Å²) < 4.78 is 5.44. The van der Waals surface area contributed by atoms with Crippen molar-refractivity contribution in [2.45, 2.75) is 52.1 Å². The molecule has 1 fully saturated rings. The van der Waals surface area contributed by atoms with Gasteiger partial charge in [0.2, 0.25) is 0 Å². The van der Waals surface area contributed by atoms with Crippen molar-refractivity contribution in [3.05, 3.63) is 16.1 Å². The SMILES string of the molecule is Cc1cnc(C2CCCN(C(=O)OC(C)(C)C)C2)s1. The van der Waals surface area contributed by atoms with E-state index in [0.717, 1.165) is 30.9 Å². The molecule has 4 nitrogen and oxygen atoms in total. The fourth-order valence-electron chi connectivity index (χ4n) is 2.23. The normalized spacial score (nSPS) is 20.4. The van der Waals surface area contributed by atoms with Gasteiger partial charge < -0.3 is 9.64 Å². The Bertz CT molecular complexity index is 451. The van der Waals surface area contributed by atoms with Gasteiger partial charge in [0.1, 0.15) is 5.60 Å². The Labute approximate surface area is 118 Å². The van der Waals surface area contributed by atoms with Crippen molar-refractivity contribution in [2.24, 2.45) is 0 Å². The number of ether oxygens (including phenoxy) is 1. The number of carbonyl (C=O) groups excluding carboxylic acids is 1. The monoisotopic (exact) mass is 282 g/mol. The zero-order valence-electron chi connectivity index (χ0n) is 12.1. The van der Waals surface area contributed by atoms with E-state index in [1.165, 1.54) is 4.88 Å². The molecule has 1 saturated heterocycles. The first kappa shape index (κ1) is 14.3. The quantitative estimate of drug-likeness (QED) is 0.791. The lowest BCUT2D eigenvalue weighted by Gasteiger charge is -2.33. The molecule has 2 heterocycles. The second-order valence-corrected chi connectivity index (χ2v) is 7.34. The number of hydrogen-bond acceptors (Lipinski definition) is 4. The van der Waals surface area contributed by atoms with Gasteiger partial charge in [0.25, 0.3) is 0 Å². The summed E-state index contributed by atoms with van der Waals surface area (Å²) in [6.07, 6.45) is 3.83. The Hall–Kier alpha value is -1.10. The van der Waals surface area contributed by atoms with E-state index in [2.05, 4.69) is 11.9 Å². The fourth-order valence-corrected chi connectivity index (χ4v) is 3.13. The highest BCUT2D eigenvalue weighted by atomic mass is 32.1. The Morgan fingerprint density at radius 3 is 2.84 bits per heavy atom. The van der Waals surface area contributed by atoms with E-state index in [9.17, 15) is 4.79 Å². The molecule has 2 rings (SSSR count). The van der Waals surface area contributed by atoms with Crippen LogP contribution in [0.1, 0.15) is 49.4 Å². The molecule has 0 aliphatic carbocycles. The number of piperidine rings is 1. The predicted octanol–water partition coefficient (Wildman–Crippen LogP) is 3.57. The van der Waals surface area contributed by atoms with Gasteiger partial charge in [0.15, 0.2) is 0 Å². The molecule has 1 aliphatic rings. The molecule has 1 atom stereocenters. The van der Waals surface area contributed by atoms with Crippen LogP contribution in [0.25, 0.3) is 0 Å². The number of amides is 1. The Morgan fingerprint density at radius 1 is 1.53 bits per heavy atom. The maximum absolute atomic E-state index is 12.1. The standard InChI is InChI=1S/C14H22N2O2S/c1-10-8-15-12(19-10)11-6-5-7-16(9-11)13(17)18-14(2,3)4/h8,11H,5-7,9H2,1-4H3. The molecule has 0 aromatic carbocycles. The predicted molar refractivity (Wildman–Crippen MR) is 76.6 cm³/mol. The second kappa shape index (κ2) is 5.49. The minimum atomic E-state index is -0.429. The van der Waals surface area contributed by atoms with E-state index in [-0.39, 0.29) is 6.09 Å². The molecule has 106 valence electrons. The summed E-state index contributed by atoms with van der Waals surface area (Å²) >= 11 is 1.73. The molecule has 1 aromatic heterocycles. The average molecular weight is 282 g/mol. The van der Waals surface area contributed by atoms with Crippen LogP contribution in [0.2, 0.25) is 0 Å². The topological polar surface area (TPSA) is 42.4 Å². The Morgan fingerprint density at radius 2 is 2.26 bits per heavy atom. The molecule has 0 N–H and O–H groups in total. The Kier molecular flexibility index (Phi) is 4.13. The molecule has 1 aromatic rings. The van der Waals surface area contributed by atoms with Gasteiger partial charge >= 0.3 is 6.09 Å². The van der Waals surface area contributed by atoms with Crippen LogP contribution in [0.15, 0.2) is 6.20 Å². The van der Waals surface area contributed by atoms with Crippen molar-refractivity contribution < 1.29 is 9.53 Å². The van der Waals surface area contributed by atoms with Crippen molar-refractivity contribution in [2.75, 3.05) is 13.1 Å². The zero-order chi connectivity index (χ0) is 14.0. The highest BCUT2D eigenvalue weighted by Crippen LogP contribution is 2.30. The molecule has 0 saturated carbocycles. The summed E-state index contributed by atoms with van der Waals surface area (Å²) in [6.45, 7) is 9.27. The largest absolute Gasteiger partial charge is 0.444 e. The smallest absolute Gasteiger partial charge is 0.410 e. The molecule has 1 unspecified atom stereocenters. The lowest BCUT2D eigenvalue weighted by atomic mass is 9.99. The van der Waals surface area contributed by atoms with E-state index in [1.807, 2.05) is 31.9 Å². The van der Waals surface area contributed by atoms with Gasteiger partial charge in [-0.2, -0.15) is 0 Å². The van der Waals surface area contributed by atoms with Gasteiger partial charge in [-0.15, -0.1) is 11.3 Å². The maximum Gasteiger partial charge on any atom is 0.410 e. The van der Waals surface area contributed by atoms with E-state index >= 15 is 0 Å². The summed E-state index contributed by atoms with van der Waals surface area (Å²) in [5.74, 6) is 0.361. The van der Waals surface area contributed by atoms with Crippen LogP contribution >= 0.6 is 11.3 Å². The molecule has 1 amide bonds. The first-order valence-corrected chi connectivity index (χ1v) is 7.57. The highest BCUT2D eigenvalue weighted by Gasteiger charge is 2.29. The van der Waals surface area contributed by atoms with Crippen LogP contribution in [0.4, 0.5) is 4.79 Å². The van der Waals surface area contributed by atoms with Crippen LogP contribution in [0.3, 0.4) is 0 Å². The molecule has 19 heavy (non-hydrogen) atoms. The van der Waals surface area contributed by atoms with Gasteiger partial charge in [-0.3, -0.25) is 0 Å². The third kappa shape index (κ3) is 3.93. The molecular weight excluding hydrogens is 260 g/mol. The van der Waals surface area contributed by atoms with Crippen molar-refractivity contribution in [1.29, 1.82) is 0 Å². The Balaban J connectivity index is 1.99. The molecule has 0 radical (unpaired) electrons. The second-order valence-electron chi connectivity index (χ2n) is 6.07. The molecule has 0 spiro atoms. The lowest BCUT2D eigenvalue weighted by molar-refractivity contribution is 0.0198. The number of aromatic nitrogens is 1. The van der Waals surface area contributed by atoms with Crippen LogP contribution in [-0.2, 0) is 4.74 Å². The number of thiazole rings is 1. The minimum absolute atomic E-state index is 0.203. The molecule has 5 heteroatoms.